The SMILES string of the molecule is Cc1nc(N(C)C)nc(Cl)c1C#Cc1cccs1. The van der Waals surface area contributed by atoms with Crippen molar-refractivity contribution < 1.29 is 0 Å². The van der Waals surface area contributed by atoms with Gasteiger partial charge in [0.1, 0.15) is 0 Å². The minimum Gasteiger partial charge on any atom is -0.347 e. The van der Waals surface area contributed by atoms with Gasteiger partial charge < -0.3 is 4.90 Å². The van der Waals surface area contributed by atoms with Gasteiger partial charge in [-0.1, -0.05) is 29.5 Å². The molecule has 0 aliphatic heterocycles. The van der Waals surface area contributed by atoms with Gasteiger partial charge in [0.25, 0.3) is 0 Å². The maximum Gasteiger partial charge on any atom is 0.226 e. The van der Waals surface area contributed by atoms with E-state index < -0.39 is 0 Å². The summed E-state index contributed by atoms with van der Waals surface area (Å²) in [4.78, 5) is 11.4. The molecule has 0 aliphatic rings. The predicted octanol–water partition coefficient (Wildman–Crippen LogP) is 2.97. The second kappa shape index (κ2) is 5.38. The van der Waals surface area contributed by atoms with Crippen LogP contribution in [0.15, 0.2) is 17.5 Å². The summed E-state index contributed by atoms with van der Waals surface area (Å²) >= 11 is 7.74. The van der Waals surface area contributed by atoms with Gasteiger partial charge in [-0.2, -0.15) is 4.98 Å². The number of thiophene rings is 1. The van der Waals surface area contributed by atoms with Gasteiger partial charge in [0, 0.05) is 14.1 Å². The molecule has 0 atom stereocenters. The number of halogens is 1. The standard InChI is InChI=1S/C13H12ClN3S/c1-9-11(7-6-10-5-4-8-18-10)12(14)16-13(15-9)17(2)3/h4-5,8H,1-3H3. The second-order valence-corrected chi connectivity index (χ2v) is 5.20. The van der Waals surface area contributed by atoms with Crippen molar-refractivity contribution in [3.63, 3.8) is 0 Å². The summed E-state index contributed by atoms with van der Waals surface area (Å²) in [5.41, 5.74) is 1.48. The highest BCUT2D eigenvalue weighted by molar-refractivity contribution is 7.10. The fraction of sp³-hybridized carbons (Fsp3) is 0.231. The highest BCUT2D eigenvalue weighted by Crippen LogP contribution is 2.18. The Kier molecular flexibility index (Phi) is 3.85. The molecule has 0 saturated heterocycles. The summed E-state index contributed by atoms with van der Waals surface area (Å²) in [6, 6.07) is 3.94. The van der Waals surface area contributed by atoms with E-state index in [9.17, 15) is 0 Å². The van der Waals surface area contributed by atoms with E-state index in [1.54, 1.807) is 11.3 Å². The van der Waals surface area contributed by atoms with Crippen molar-refractivity contribution in [3.05, 3.63) is 38.8 Å². The Morgan fingerprint density at radius 1 is 1.28 bits per heavy atom. The van der Waals surface area contributed by atoms with Crippen molar-refractivity contribution in [1.29, 1.82) is 0 Å². The molecule has 2 rings (SSSR count). The van der Waals surface area contributed by atoms with Gasteiger partial charge in [0.2, 0.25) is 5.95 Å². The van der Waals surface area contributed by atoms with E-state index in [0.29, 0.717) is 16.7 Å². The monoisotopic (exact) mass is 277 g/mol. The normalized spacial score (nSPS) is 9.78. The number of hydrogen-bond acceptors (Lipinski definition) is 4. The van der Waals surface area contributed by atoms with Crippen LogP contribution in [0, 0.1) is 18.8 Å². The van der Waals surface area contributed by atoms with Crippen LogP contribution in [0.5, 0.6) is 0 Å². The van der Waals surface area contributed by atoms with Crippen LogP contribution in [0.3, 0.4) is 0 Å². The Labute approximate surface area is 115 Å². The maximum atomic E-state index is 6.14. The van der Waals surface area contributed by atoms with E-state index in [-0.39, 0.29) is 0 Å². The first kappa shape index (κ1) is 12.9. The second-order valence-electron chi connectivity index (χ2n) is 3.90. The minimum atomic E-state index is 0.398. The van der Waals surface area contributed by atoms with Gasteiger partial charge in [-0.05, 0) is 18.4 Å². The van der Waals surface area contributed by atoms with Crippen molar-refractivity contribution >= 4 is 28.9 Å². The molecule has 3 nitrogen and oxygen atoms in total. The summed E-state index contributed by atoms with van der Waals surface area (Å²) in [7, 11) is 3.75. The van der Waals surface area contributed by atoms with Crippen LogP contribution in [-0.4, -0.2) is 24.1 Å². The number of anilines is 1. The highest BCUT2D eigenvalue weighted by Gasteiger charge is 2.09. The molecule has 2 aromatic rings. The molecular formula is C13H12ClN3S. The van der Waals surface area contributed by atoms with E-state index in [0.717, 1.165) is 10.6 Å². The highest BCUT2D eigenvalue weighted by atomic mass is 35.5. The van der Waals surface area contributed by atoms with Crippen LogP contribution in [0.25, 0.3) is 0 Å². The Hall–Kier alpha value is -1.57. The van der Waals surface area contributed by atoms with Crippen molar-refractivity contribution in [1.82, 2.24) is 9.97 Å². The fourth-order valence-electron chi connectivity index (χ4n) is 1.34. The molecule has 2 heterocycles. The summed E-state index contributed by atoms with van der Waals surface area (Å²) in [6.07, 6.45) is 0. The predicted molar refractivity (Wildman–Crippen MR) is 76.4 cm³/mol. The topological polar surface area (TPSA) is 29.0 Å². The molecular weight excluding hydrogens is 266 g/mol. The fourth-order valence-corrected chi connectivity index (χ4v) is 2.17. The minimum absolute atomic E-state index is 0.398. The maximum absolute atomic E-state index is 6.14. The molecule has 2 aromatic heterocycles. The lowest BCUT2D eigenvalue weighted by Crippen LogP contribution is -2.14. The molecule has 0 unspecified atom stereocenters. The van der Waals surface area contributed by atoms with Gasteiger partial charge in [0.05, 0.1) is 16.1 Å². The summed E-state index contributed by atoms with van der Waals surface area (Å²) in [5, 5.41) is 2.39. The summed E-state index contributed by atoms with van der Waals surface area (Å²) < 4.78 is 0. The van der Waals surface area contributed by atoms with Crippen LogP contribution in [0.2, 0.25) is 5.15 Å². The van der Waals surface area contributed by atoms with Crippen LogP contribution < -0.4 is 4.90 Å². The zero-order valence-corrected chi connectivity index (χ0v) is 11.9. The number of hydrogen-bond donors (Lipinski definition) is 0. The molecule has 0 fully saturated rings. The van der Waals surface area contributed by atoms with E-state index in [1.807, 2.05) is 43.4 Å². The van der Waals surface area contributed by atoms with Gasteiger partial charge >= 0.3 is 0 Å². The van der Waals surface area contributed by atoms with Crippen LogP contribution in [0.1, 0.15) is 16.1 Å². The third-order valence-electron chi connectivity index (χ3n) is 2.27. The van der Waals surface area contributed by atoms with E-state index in [4.69, 9.17) is 11.6 Å². The zero-order valence-electron chi connectivity index (χ0n) is 10.4. The molecule has 0 N–H and O–H groups in total. The molecule has 0 bridgehead atoms. The lowest BCUT2D eigenvalue weighted by Gasteiger charge is -2.11. The Morgan fingerprint density at radius 3 is 2.61 bits per heavy atom. The van der Waals surface area contributed by atoms with Crippen molar-refractivity contribution in [2.75, 3.05) is 19.0 Å². The van der Waals surface area contributed by atoms with Crippen molar-refractivity contribution in [2.45, 2.75) is 6.92 Å². The van der Waals surface area contributed by atoms with Crippen molar-refractivity contribution in [2.24, 2.45) is 0 Å². The lowest BCUT2D eigenvalue weighted by atomic mass is 10.2. The summed E-state index contributed by atoms with van der Waals surface area (Å²) in [5.74, 6) is 6.69. The van der Waals surface area contributed by atoms with E-state index in [2.05, 4.69) is 21.8 Å². The molecule has 0 saturated carbocycles. The molecule has 92 valence electrons. The average Bonchev–Trinajstić information content (AvgIpc) is 2.80. The van der Waals surface area contributed by atoms with E-state index in [1.165, 1.54) is 0 Å². The quantitative estimate of drug-likeness (QED) is 0.593. The smallest absolute Gasteiger partial charge is 0.226 e. The number of nitrogens with zero attached hydrogens (tertiary/aromatic N) is 3. The first-order chi connectivity index (χ1) is 8.58. The number of rotatable bonds is 1. The number of aromatic nitrogens is 2. The first-order valence-electron chi connectivity index (χ1n) is 5.35. The molecule has 0 spiro atoms. The van der Waals surface area contributed by atoms with Crippen LogP contribution in [0.4, 0.5) is 5.95 Å². The van der Waals surface area contributed by atoms with Gasteiger partial charge in [0.15, 0.2) is 5.15 Å². The van der Waals surface area contributed by atoms with Crippen LogP contribution in [-0.2, 0) is 0 Å². The first-order valence-corrected chi connectivity index (χ1v) is 6.60. The number of aryl methyl sites for hydroxylation is 1. The Morgan fingerprint density at radius 2 is 2.06 bits per heavy atom. The van der Waals surface area contributed by atoms with Crippen molar-refractivity contribution in [3.8, 4) is 11.8 Å². The molecule has 0 amide bonds. The Balaban J connectivity index is 2.40. The average molecular weight is 278 g/mol. The zero-order chi connectivity index (χ0) is 13.1. The van der Waals surface area contributed by atoms with Gasteiger partial charge in [-0.3, -0.25) is 0 Å². The Bertz CT molecular complexity index is 586. The van der Waals surface area contributed by atoms with Crippen LogP contribution >= 0.6 is 22.9 Å². The lowest BCUT2D eigenvalue weighted by molar-refractivity contribution is 0.973. The van der Waals surface area contributed by atoms with Gasteiger partial charge in [-0.15, -0.1) is 11.3 Å². The summed E-state index contributed by atoms with van der Waals surface area (Å²) in [6.45, 7) is 1.89. The van der Waals surface area contributed by atoms with Gasteiger partial charge in [-0.25, -0.2) is 4.98 Å². The third-order valence-corrected chi connectivity index (χ3v) is 3.32. The molecule has 5 heteroatoms. The largest absolute Gasteiger partial charge is 0.347 e. The molecule has 0 aliphatic carbocycles. The van der Waals surface area contributed by atoms with E-state index >= 15 is 0 Å². The third kappa shape index (κ3) is 2.81. The molecule has 18 heavy (non-hydrogen) atoms. The molecule has 0 radical (unpaired) electrons. The molecule has 0 aromatic carbocycles.